The van der Waals surface area contributed by atoms with Crippen LogP contribution in [0.15, 0.2) is 0 Å². The largest absolute Gasteiger partial charge is 0.382 e. The number of nitrogens with one attached hydrogen (secondary N) is 1. The Morgan fingerprint density at radius 2 is 2.11 bits per heavy atom. The van der Waals surface area contributed by atoms with Crippen molar-refractivity contribution in [2.24, 2.45) is 5.41 Å². The van der Waals surface area contributed by atoms with Crippen molar-refractivity contribution in [2.45, 2.75) is 40.0 Å². The summed E-state index contributed by atoms with van der Waals surface area (Å²) in [4.78, 5) is 0. The Balaban J connectivity index is 2.07. The lowest BCUT2D eigenvalue weighted by Gasteiger charge is -2.34. The van der Waals surface area contributed by atoms with Gasteiger partial charge in [-0.1, -0.05) is 20.8 Å². The second-order valence-electron chi connectivity index (χ2n) is 5.92. The molecule has 0 aliphatic carbocycles. The molecule has 1 aliphatic rings. The number of fused-ring (bicyclic) bond motifs is 1. The molecule has 0 saturated heterocycles. The Hall–Kier alpha value is -0.980. The Bertz CT molecular complexity index is 411. The van der Waals surface area contributed by atoms with Crippen LogP contribution in [0.4, 0.5) is 0 Å². The number of aromatic nitrogens is 3. The van der Waals surface area contributed by atoms with E-state index in [2.05, 4.69) is 40.9 Å². The zero-order valence-corrected chi connectivity index (χ0v) is 12.3. The molecule has 0 bridgehead atoms. The van der Waals surface area contributed by atoms with Gasteiger partial charge in [-0.05, 0) is 5.41 Å². The third-order valence-corrected chi connectivity index (χ3v) is 3.33. The van der Waals surface area contributed by atoms with Crippen LogP contribution in [0.5, 0.6) is 0 Å². The Kier molecular flexibility index (Phi) is 4.54. The number of rotatable bonds is 5. The van der Waals surface area contributed by atoms with Crippen LogP contribution < -0.4 is 5.32 Å². The fourth-order valence-electron chi connectivity index (χ4n) is 2.32. The minimum absolute atomic E-state index is 0.124. The first-order valence-corrected chi connectivity index (χ1v) is 6.76. The SMILES string of the molecule is COCCOCc1nnc2n1CCNC2C(C)(C)C. The molecule has 1 aromatic heterocycles. The van der Waals surface area contributed by atoms with E-state index in [0.29, 0.717) is 19.8 Å². The van der Waals surface area contributed by atoms with Crippen molar-refractivity contribution in [3.63, 3.8) is 0 Å². The first-order chi connectivity index (χ1) is 9.04. The average molecular weight is 268 g/mol. The first kappa shape index (κ1) is 14.4. The van der Waals surface area contributed by atoms with Gasteiger partial charge in [0.2, 0.25) is 0 Å². The number of hydrogen-bond acceptors (Lipinski definition) is 5. The molecule has 2 heterocycles. The predicted molar refractivity (Wildman–Crippen MR) is 71.8 cm³/mol. The van der Waals surface area contributed by atoms with E-state index < -0.39 is 0 Å². The van der Waals surface area contributed by atoms with Crippen LogP contribution in [-0.2, 0) is 22.6 Å². The zero-order valence-electron chi connectivity index (χ0n) is 12.3. The molecular formula is C13H24N4O2. The normalized spacial score (nSPS) is 19.5. The Morgan fingerprint density at radius 3 is 2.79 bits per heavy atom. The summed E-state index contributed by atoms with van der Waals surface area (Å²) in [5.41, 5.74) is 0.124. The minimum atomic E-state index is 0.124. The third kappa shape index (κ3) is 3.32. The van der Waals surface area contributed by atoms with Gasteiger partial charge in [0.1, 0.15) is 6.61 Å². The lowest BCUT2D eigenvalue weighted by atomic mass is 9.85. The fourth-order valence-corrected chi connectivity index (χ4v) is 2.32. The molecule has 1 unspecified atom stereocenters. The molecule has 6 heteroatoms. The lowest BCUT2D eigenvalue weighted by molar-refractivity contribution is 0.0567. The van der Waals surface area contributed by atoms with Crippen LogP contribution in [0.25, 0.3) is 0 Å². The van der Waals surface area contributed by atoms with Crippen molar-refractivity contribution in [1.29, 1.82) is 0 Å². The van der Waals surface area contributed by atoms with Gasteiger partial charge in [-0.2, -0.15) is 0 Å². The molecule has 0 fully saturated rings. The number of ether oxygens (including phenoxy) is 2. The summed E-state index contributed by atoms with van der Waals surface area (Å²) in [5.74, 6) is 1.92. The minimum Gasteiger partial charge on any atom is -0.382 e. The standard InChI is InChI=1S/C13H24N4O2/c1-13(2,3)11-12-16-15-10(9-19-8-7-18-4)17(12)6-5-14-11/h11,14H,5-9H2,1-4H3. The van der Waals surface area contributed by atoms with Gasteiger partial charge in [0.05, 0.1) is 19.3 Å². The maximum absolute atomic E-state index is 5.54. The van der Waals surface area contributed by atoms with Crippen molar-refractivity contribution >= 4 is 0 Å². The van der Waals surface area contributed by atoms with Crippen LogP contribution in [0.1, 0.15) is 38.5 Å². The highest BCUT2D eigenvalue weighted by molar-refractivity contribution is 5.07. The summed E-state index contributed by atoms with van der Waals surface area (Å²) in [6.45, 7) is 10.2. The molecular weight excluding hydrogens is 244 g/mol. The zero-order chi connectivity index (χ0) is 13.9. The molecule has 2 rings (SSSR count). The van der Waals surface area contributed by atoms with E-state index in [1.807, 2.05) is 0 Å². The Morgan fingerprint density at radius 1 is 1.32 bits per heavy atom. The molecule has 1 N–H and O–H groups in total. The van der Waals surface area contributed by atoms with Gasteiger partial charge >= 0.3 is 0 Å². The molecule has 0 saturated carbocycles. The average Bonchev–Trinajstić information content (AvgIpc) is 2.76. The van der Waals surface area contributed by atoms with Crippen LogP contribution in [-0.4, -0.2) is 41.6 Å². The van der Waals surface area contributed by atoms with Crippen molar-refractivity contribution < 1.29 is 9.47 Å². The van der Waals surface area contributed by atoms with Gasteiger partial charge in [-0.15, -0.1) is 10.2 Å². The topological polar surface area (TPSA) is 61.2 Å². The quantitative estimate of drug-likeness (QED) is 0.811. The van der Waals surface area contributed by atoms with Gasteiger partial charge in [-0.25, -0.2) is 0 Å². The second-order valence-corrected chi connectivity index (χ2v) is 5.92. The molecule has 19 heavy (non-hydrogen) atoms. The molecule has 1 aromatic rings. The molecule has 0 spiro atoms. The van der Waals surface area contributed by atoms with Gasteiger partial charge in [-0.3, -0.25) is 0 Å². The summed E-state index contributed by atoms with van der Waals surface area (Å²) >= 11 is 0. The van der Waals surface area contributed by atoms with Crippen LogP contribution in [0, 0.1) is 5.41 Å². The monoisotopic (exact) mass is 268 g/mol. The first-order valence-electron chi connectivity index (χ1n) is 6.76. The van der Waals surface area contributed by atoms with E-state index >= 15 is 0 Å². The van der Waals surface area contributed by atoms with E-state index in [-0.39, 0.29) is 11.5 Å². The fraction of sp³-hybridized carbons (Fsp3) is 0.846. The van der Waals surface area contributed by atoms with Crippen LogP contribution >= 0.6 is 0 Å². The number of hydrogen-bond donors (Lipinski definition) is 1. The van der Waals surface area contributed by atoms with Crippen LogP contribution in [0.3, 0.4) is 0 Å². The summed E-state index contributed by atoms with van der Waals surface area (Å²) in [6, 6.07) is 0.237. The van der Waals surface area contributed by atoms with Crippen molar-refractivity contribution in [3.8, 4) is 0 Å². The highest BCUT2D eigenvalue weighted by Crippen LogP contribution is 2.33. The molecule has 6 nitrogen and oxygen atoms in total. The van der Waals surface area contributed by atoms with E-state index in [9.17, 15) is 0 Å². The van der Waals surface area contributed by atoms with Crippen molar-refractivity contribution in [3.05, 3.63) is 11.6 Å². The smallest absolute Gasteiger partial charge is 0.159 e. The molecule has 0 radical (unpaired) electrons. The van der Waals surface area contributed by atoms with Gasteiger partial charge in [0, 0.05) is 20.2 Å². The lowest BCUT2D eigenvalue weighted by Crippen LogP contribution is -2.41. The van der Waals surface area contributed by atoms with Gasteiger partial charge < -0.3 is 19.4 Å². The second kappa shape index (κ2) is 5.98. The predicted octanol–water partition coefficient (Wildman–Crippen LogP) is 1.13. The van der Waals surface area contributed by atoms with Gasteiger partial charge in [0.15, 0.2) is 11.6 Å². The molecule has 108 valence electrons. The van der Waals surface area contributed by atoms with Crippen molar-refractivity contribution in [1.82, 2.24) is 20.1 Å². The summed E-state index contributed by atoms with van der Waals surface area (Å²) in [7, 11) is 1.67. The van der Waals surface area contributed by atoms with Crippen molar-refractivity contribution in [2.75, 3.05) is 26.9 Å². The third-order valence-electron chi connectivity index (χ3n) is 3.33. The van der Waals surface area contributed by atoms with Crippen LogP contribution in [0.2, 0.25) is 0 Å². The van der Waals surface area contributed by atoms with E-state index in [1.54, 1.807) is 7.11 Å². The summed E-state index contributed by atoms with van der Waals surface area (Å²) in [5, 5.41) is 12.1. The van der Waals surface area contributed by atoms with Gasteiger partial charge in [0.25, 0.3) is 0 Å². The molecule has 0 amide bonds. The highest BCUT2D eigenvalue weighted by Gasteiger charge is 2.33. The molecule has 1 atom stereocenters. The highest BCUT2D eigenvalue weighted by atomic mass is 16.5. The maximum atomic E-state index is 5.54. The number of methoxy groups -OCH3 is 1. The van der Waals surface area contributed by atoms with E-state index in [1.165, 1.54) is 0 Å². The van der Waals surface area contributed by atoms with E-state index in [0.717, 1.165) is 24.7 Å². The maximum Gasteiger partial charge on any atom is 0.159 e. The summed E-state index contributed by atoms with van der Waals surface area (Å²) < 4.78 is 12.7. The molecule has 0 aromatic carbocycles. The number of nitrogens with zero attached hydrogens (tertiary/aromatic N) is 3. The Labute approximate surface area is 114 Å². The molecule has 1 aliphatic heterocycles. The summed E-state index contributed by atoms with van der Waals surface area (Å²) in [6.07, 6.45) is 0. The van der Waals surface area contributed by atoms with E-state index in [4.69, 9.17) is 9.47 Å².